The number of aliphatic hydroxyl groups excluding tert-OH is 1. The molecule has 1 N–H and O–H groups in total. The largest absolute Gasteiger partial charge is 0.496 e. The summed E-state index contributed by atoms with van der Waals surface area (Å²) in [4.78, 5) is 2.60. The number of likely N-dealkylation sites (tertiary alicyclic amines) is 1. The number of benzene rings is 2. The van der Waals surface area contributed by atoms with E-state index in [9.17, 15) is 5.11 Å². The molecule has 1 aliphatic heterocycles. The third kappa shape index (κ3) is 3.65. The molecule has 26 heavy (non-hydrogen) atoms. The van der Waals surface area contributed by atoms with E-state index in [-0.39, 0.29) is 6.10 Å². The molecule has 3 unspecified atom stereocenters. The number of ether oxygens (including phenoxy) is 1. The summed E-state index contributed by atoms with van der Waals surface area (Å²) in [6.07, 6.45) is 3.84. The smallest absolute Gasteiger partial charge is 0.122 e. The number of hydrogen-bond acceptors (Lipinski definition) is 3. The normalized spacial score (nSPS) is 26.3. The lowest BCUT2D eigenvalue weighted by atomic mass is 9.97. The van der Waals surface area contributed by atoms with Crippen LogP contribution in [0.1, 0.15) is 48.0 Å². The Labute approximate surface area is 156 Å². The Morgan fingerprint density at radius 1 is 1.08 bits per heavy atom. The predicted molar refractivity (Wildman–Crippen MR) is 105 cm³/mol. The van der Waals surface area contributed by atoms with Crippen LogP contribution in [0, 0.1) is 5.92 Å². The van der Waals surface area contributed by atoms with Gasteiger partial charge >= 0.3 is 0 Å². The molecule has 1 aliphatic carbocycles. The van der Waals surface area contributed by atoms with Crippen molar-refractivity contribution in [2.24, 2.45) is 5.92 Å². The van der Waals surface area contributed by atoms with Crippen molar-refractivity contribution in [1.29, 1.82) is 0 Å². The van der Waals surface area contributed by atoms with Gasteiger partial charge in [-0.3, -0.25) is 0 Å². The molecule has 2 aromatic carbocycles. The van der Waals surface area contributed by atoms with Crippen molar-refractivity contribution in [1.82, 2.24) is 4.90 Å². The Kier molecular flexibility index (Phi) is 5.28. The second-order valence-electron chi connectivity index (χ2n) is 7.84. The maximum absolute atomic E-state index is 10.8. The molecule has 1 saturated heterocycles. The van der Waals surface area contributed by atoms with Crippen LogP contribution in [-0.2, 0) is 6.42 Å². The van der Waals surface area contributed by atoms with E-state index in [1.54, 1.807) is 7.11 Å². The highest BCUT2D eigenvalue weighted by molar-refractivity contribution is 5.42. The van der Waals surface area contributed by atoms with Gasteiger partial charge in [-0.2, -0.15) is 0 Å². The summed E-state index contributed by atoms with van der Waals surface area (Å²) in [5.74, 6) is 2.12. The maximum atomic E-state index is 10.8. The van der Waals surface area contributed by atoms with Crippen LogP contribution >= 0.6 is 0 Å². The lowest BCUT2D eigenvalue weighted by Gasteiger charge is -2.24. The molecule has 3 heteroatoms. The lowest BCUT2D eigenvalue weighted by molar-refractivity contribution is 0.131. The van der Waals surface area contributed by atoms with Crippen LogP contribution in [0.2, 0.25) is 0 Å². The van der Waals surface area contributed by atoms with Crippen LogP contribution in [0.4, 0.5) is 0 Å². The molecule has 0 amide bonds. The van der Waals surface area contributed by atoms with Gasteiger partial charge in [0.2, 0.25) is 0 Å². The minimum Gasteiger partial charge on any atom is -0.496 e. The molecule has 0 radical (unpaired) electrons. The van der Waals surface area contributed by atoms with Crippen LogP contribution < -0.4 is 4.74 Å². The first-order valence-corrected chi connectivity index (χ1v) is 9.85. The summed E-state index contributed by atoms with van der Waals surface area (Å²) in [6, 6.07) is 17.0. The zero-order valence-electron chi connectivity index (χ0n) is 15.6. The topological polar surface area (TPSA) is 32.7 Å². The van der Waals surface area contributed by atoms with Crippen molar-refractivity contribution in [3.63, 3.8) is 0 Å². The zero-order valence-corrected chi connectivity index (χ0v) is 15.6. The van der Waals surface area contributed by atoms with Crippen LogP contribution in [0.15, 0.2) is 48.5 Å². The van der Waals surface area contributed by atoms with Gasteiger partial charge in [0.25, 0.3) is 0 Å². The van der Waals surface area contributed by atoms with Crippen molar-refractivity contribution in [3.8, 4) is 5.75 Å². The quantitative estimate of drug-likeness (QED) is 0.839. The van der Waals surface area contributed by atoms with E-state index in [0.29, 0.717) is 11.8 Å². The fourth-order valence-electron chi connectivity index (χ4n) is 4.79. The fraction of sp³-hybridized carbons (Fsp3) is 0.478. The number of aliphatic hydroxyl groups is 1. The first kappa shape index (κ1) is 17.6. The van der Waals surface area contributed by atoms with E-state index < -0.39 is 0 Å². The molecule has 2 aromatic rings. The lowest BCUT2D eigenvalue weighted by Crippen LogP contribution is -2.28. The highest BCUT2D eigenvalue weighted by Crippen LogP contribution is 2.37. The fourth-order valence-corrected chi connectivity index (χ4v) is 4.79. The Balaban J connectivity index is 1.40. The van der Waals surface area contributed by atoms with Gasteiger partial charge < -0.3 is 14.7 Å². The van der Waals surface area contributed by atoms with Crippen LogP contribution in [0.3, 0.4) is 0 Å². The SMILES string of the molecule is COc1cccc2c1CCC(CN1CCC(c3ccccc3)C1)CC2O. The highest BCUT2D eigenvalue weighted by atomic mass is 16.5. The highest BCUT2D eigenvalue weighted by Gasteiger charge is 2.29. The van der Waals surface area contributed by atoms with E-state index >= 15 is 0 Å². The standard InChI is InChI=1S/C23H29NO2/c1-26-23-9-5-8-20-21(23)11-10-17(14-22(20)25)15-24-13-12-19(16-24)18-6-3-2-4-7-18/h2-9,17,19,22,25H,10-16H2,1H3. The summed E-state index contributed by atoms with van der Waals surface area (Å²) >= 11 is 0. The molecule has 3 atom stereocenters. The number of fused-ring (bicyclic) bond motifs is 1. The van der Waals surface area contributed by atoms with Gasteiger partial charge in [0.1, 0.15) is 5.75 Å². The number of rotatable bonds is 4. The van der Waals surface area contributed by atoms with Crippen molar-refractivity contribution < 1.29 is 9.84 Å². The summed E-state index contributed by atoms with van der Waals surface area (Å²) in [7, 11) is 1.72. The average Bonchev–Trinajstić information content (AvgIpc) is 3.08. The van der Waals surface area contributed by atoms with Gasteiger partial charge in [-0.05, 0) is 66.8 Å². The molecule has 2 aliphatic rings. The molecule has 0 saturated carbocycles. The van der Waals surface area contributed by atoms with Gasteiger partial charge in [-0.25, -0.2) is 0 Å². The second-order valence-corrected chi connectivity index (χ2v) is 7.84. The minimum absolute atomic E-state index is 0.375. The third-order valence-electron chi connectivity index (χ3n) is 6.17. The summed E-state index contributed by atoms with van der Waals surface area (Å²) in [5, 5.41) is 10.8. The van der Waals surface area contributed by atoms with Crippen molar-refractivity contribution in [2.45, 2.75) is 37.7 Å². The van der Waals surface area contributed by atoms with Crippen molar-refractivity contribution in [2.75, 3.05) is 26.7 Å². The van der Waals surface area contributed by atoms with E-state index in [1.165, 1.54) is 24.1 Å². The molecule has 0 spiro atoms. The summed E-state index contributed by atoms with van der Waals surface area (Å²) in [6.45, 7) is 3.41. The monoisotopic (exact) mass is 351 g/mol. The summed E-state index contributed by atoms with van der Waals surface area (Å²) < 4.78 is 5.53. The Hall–Kier alpha value is -1.84. The van der Waals surface area contributed by atoms with Crippen LogP contribution in [0.5, 0.6) is 5.75 Å². The number of nitrogens with zero attached hydrogens (tertiary/aromatic N) is 1. The molecule has 1 heterocycles. The van der Waals surface area contributed by atoms with Crippen molar-refractivity contribution >= 4 is 0 Å². The van der Waals surface area contributed by atoms with E-state index in [2.05, 4.69) is 41.3 Å². The van der Waals surface area contributed by atoms with E-state index in [1.807, 2.05) is 12.1 Å². The van der Waals surface area contributed by atoms with E-state index in [4.69, 9.17) is 4.74 Å². The predicted octanol–water partition coefficient (Wildman–Crippen LogP) is 4.17. The second kappa shape index (κ2) is 7.81. The number of hydrogen-bond donors (Lipinski definition) is 1. The molecule has 3 nitrogen and oxygen atoms in total. The first-order chi connectivity index (χ1) is 12.7. The molecular weight excluding hydrogens is 322 g/mol. The maximum Gasteiger partial charge on any atom is 0.122 e. The molecular formula is C23H29NO2. The third-order valence-corrected chi connectivity index (χ3v) is 6.17. The van der Waals surface area contributed by atoms with Gasteiger partial charge in [0.05, 0.1) is 13.2 Å². The molecule has 0 bridgehead atoms. The Bertz CT molecular complexity index is 730. The van der Waals surface area contributed by atoms with Crippen LogP contribution in [0.25, 0.3) is 0 Å². The minimum atomic E-state index is -0.375. The Morgan fingerprint density at radius 2 is 1.92 bits per heavy atom. The molecule has 4 rings (SSSR count). The first-order valence-electron chi connectivity index (χ1n) is 9.85. The van der Waals surface area contributed by atoms with Gasteiger partial charge in [0.15, 0.2) is 0 Å². The Morgan fingerprint density at radius 3 is 2.73 bits per heavy atom. The molecule has 138 valence electrons. The van der Waals surface area contributed by atoms with Gasteiger partial charge in [-0.15, -0.1) is 0 Å². The van der Waals surface area contributed by atoms with Gasteiger partial charge in [-0.1, -0.05) is 42.5 Å². The summed E-state index contributed by atoms with van der Waals surface area (Å²) in [5.41, 5.74) is 3.73. The van der Waals surface area contributed by atoms with Crippen LogP contribution in [-0.4, -0.2) is 36.8 Å². The average molecular weight is 351 g/mol. The van der Waals surface area contributed by atoms with E-state index in [0.717, 1.165) is 43.7 Å². The number of methoxy groups -OCH3 is 1. The van der Waals surface area contributed by atoms with Gasteiger partial charge in [0, 0.05) is 13.1 Å². The molecule has 1 fully saturated rings. The zero-order chi connectivity index (χ0) is 17.9. The van der Waals surface area contributed by atoms with Crippen molar-refractivity contribution in [3.05, 3.63) is 65.2 Å². The molecule has 0 aromatic heterocycles.